The Hall–Kier alpha value is -0.860. The fourth-order valence-corrected chi connectivity index (χ4v) is 2.83. The first kappa shape index (κ1) is 13.6. The number of hydrogen-bond acceptors (Lipinski definition) is 2. The van der Waals surface area contributed by atoms with Crippen LogP contribution in [0.2, 0.25) is 0 Å². The monoisotopic (exact) mass is 247 g/mol. The molecule has 1 heterocycles. The molecule has 0 aliphatic carbocycles. The maximum atomic E-state index is 9.24. The summed E-state index contributed by atoms with van der Waals surface area (Å²) >= 11 is 0. The zero-order chi connectivity index (χ0) is 12.8. The van der Waals surface area contributed by atoms with Crippen LogP contribution in [0.15, 0.2) is 30.3 Å². The van der Waals surface area contributed by atoms with E-state index in [4.69, 9.17) is 0 Å². The van der Waals surface area contributed by atoms with Gasteiger partial charge in [-0.3, -0.25) is 0 Å². The number of hydrogen-bond donors (Lipinski definition) is 1. The molecule has 1 fully saturated rings. The Morgan fingerprint density at radius 3 is 2.83 bits per heavy atom. The van der Waals surface area contributed by atoms with Crippen molar-refractivity contribution in [3.63, 3.8) is 0 Å². The summed E-state index contributed by atoms with van der Waals surface area (Å²) in [5.41, 5.74) is 1.44. The molecule has 100 valence electrons. The third kappa shape index (κ3) is 3.82. The van der Waals surface area contributed by atoms with Gasteiger partial charge in [0, 0.05) is 13.2 Å². The van der Waals surface area contributed by atoms with Crippen LogP contribution in [0.3, 0.4) is 0 Å². The molecule has 0 unspecified atom stereocenters. The molecule has 0 aromatic heterocycles. The Morgan fingerprint density at radius 1 is 1.33 bits per heavy atom. The van der Waals surface area contributed by atoms with Gasteiger partial charge in [-0.05, 0) is 49.8 Å². The van der Waals surface area contributed by atoms with E-state index < -0.39 is 0 Å². The van der Waals surface area contributed by atoms with Gasteiger partial charge in [-0.1, -0.05) is 37.3 Å². The zero-order valence-corrected chi connectivity index (χ0v) is 11.4. The highest BCUT2D eigenvalue weighted by Crippen LogP contribution is 2.21. The third-order valence-corrected chi connectivity index (χ3v) is 4.11. The molecule has 1 saturated heterocycles. The van der Waals surface area contributed by atoms with Crippen LogP contribution in [0, 0.1) is 5.92 Å². The summed E-state index contributed by atoms with van der Waals surface area (Å²) in [6.45, 7) is 6.11. The van der Waals surface area contributed by atoms with Gasteiger partial charge in [-0.2, -0.15) is 0 Å². The highest BCUT2D eigenvalue weighted by atomic mass is 16.3. The van der Waals surface area contributed by atoms with E-state index >= 15 is 0 Å². The molecule has 2 rings (SSSR count). The summed E-state index contributed by atoms with van der Waals surface area (Å²) in [5.74, 6) is 1.13. The van der Waals surface area contributed by atoms with Crippen LogP contribution in [0.25, 0.3) is 0 Å². The van der Waals surface area contributed by atoms with Crippen molar-refractivity contribution in [1.82, 2.24) is 4.90 Å². The Balaban J connectivity index is 1.77. The predicted octanol–water partition coefficient (Wildman–Crippen LogP) is 2.88. The summed E-state index contributed by atoms with van der Waals surface area (Å²) in [6, 6.07) is 10.8. The molecule has 18 heavy (non-hydrogen) atoms. The van der Waals surface area contributed by atoms with Crippen LogP contribution in [0.4, 0.5) is 0 Å². The van der Waals surface area contributed by atoms with Gasteiger partial charge in [0.15, 0.2) is 0 Å². The van der Waals surface area contributed by atoms with Gasteiger partial charge in [-0.25, -0.2) is 0 Å². The molecule has 0 radical (unpaired) electrons. The third-order valence-electron chi connectivity index (χ3n) is 4.11. The lowest BCUT2D eigenvalue weighted by Gasteiger charge is -2.32. The van der Waals surface area contributed by atoms with E-state index in [2.05, 4.69) is 42.2 Å². The Bertz CT molecular complexity index is 338. The van der Waals surface area contributed by atoms with Crippen LogP contribution in [-0.2, 0) is 0 Å². The van der Waals surface area contributed by atoms with Gasteiger partial charge < -0.3 is 10.0 Å². The van der Waals surface area contributed by atoms with E-state index in [1.165, 1.54) is 31.4 Å². The maximum absolute atomic E-state index is 9.24. The van der Waals surface area contributed by atoms with Crippen molar-refractivity contribution in [2.75, 3.05) is 26.2 Å². The molecule has 2 nitrogen and oxygen atoms in total. The molecule has 1 aromatic carbocycles. The summed E-state index contributed by atoms with van der Waals surface area (Å²) < 4.78 is 0. The Kier molecular flexibility index (Phi) is 5.21. The topological polar surface area (TPSA) is 23.5 Å². The molecule has 1 aliphatic heterocycles. The Labute approximate surface area is 111 Å². The van der Waals surface area contributed by atoms with Gasteiger partial charge in [0.05, 0.1) is 0 Å². The van der Waals surface area contributed by atoms with Crippen LogP contribution < -0.4 is 0 Å². The molecule has 0 saturated carbocycles. The number of benzene rings is 1. The van der Waals surface area contributed by atoms with Crippen molar-refractivity contribution >= 4 is 0 Å². The lowest BCUT2D eigenvalue weighted by molar-refractivity contribution is 0.118. The van der Waals surface area contributed by atoms with Gasteiger partial charge >= 0.3 is 0 Å². The number of nitrogens with zero attached hydrogens (tertiary/aromatic N) is 1. The number of rotatable bonds is 5. The molecule has 0 bridgehead atoms. The second-order valence-electron chi connectivity index (χ2n) is 5.59. The summed E-state index contributed by atoms with van der Waals surface area (Å²) in [5, 5.41) is 9.24. The first-order valence-electron chi connectivity index (χ1n) is 7.17. The van der Waals surface area contributed by atoms with Crippen LogP contribution in [-0.4, -0.2) is 36.2 Å². The Morgan fingerprint density at radius 2 is 2.11 bits per heavy atom. The lowest BCUT2D eigenvalue weighted by Crippen LogP contribution is -2.37. The summed E-state index contributed by atoms with van der Waals surface area (Å²) in [4.78, 5) is 2.52. The van der Waals surface area contributed by atoms with Crippen molar-refractivity contribution in [2.24, 2.45) is 5.92 Å². The van der Waals surface area contributed by atoms with E-state index in [0.717, 1.165) is 13.1 Å². The average molecular weight is 247 g/mol. The zero-order valence-electron chi connectivity index (χ0n) is 11.4. The summed E-state index contributed by atoms with van der Waals surface area (Å²) in [7, 11) is 0. The predicted molar refractivity (Wildman–Crippen MR) is 75.7 cm³/mol. The van der Waals surface area contributed by atoms with Crippen LogP contribution >= 0.6 is 0 Å². The van der Waals surface area contributed by atoms with E-state index in [9.17, 15) is 5.11 Å². The second kappa shape index (κ2) is 6.91. The lowest BCUT2D eigenvalue weighted by atomic mass is 9.95. The fourth-order valence-electron chi connectivity index (χ4n) is 2.83. The van der Waals surface area contributed by atoms with Crippen LogP contribution in [0.1, 0.15) is 37.7 Å². The van der Waals surface area contributed by atoms with E-state index in [0.29, 0.717) is 18.4 Å². The molecule has 2 atom stereocenters. The molecule has 0 spiro atoms. The quantitative estimate of drug-likeness (QED) is 0.865. The van der Waals surface area contributed by atoms with E-state index in [1.54, 1.807) is 0 Å². The minimum atomic E-state index is 0.352. The average Bonchev–Trinajstić information content (AvgIpc) is 2.46. The van der Waals surface area contributed by atoms with E-state index in [1.807, 2.05) is 0 Å². The maximum Gasteiger partial charge on any atom is 0.0471 e. The molecule has 1 N–H and O–H groups in total. The first-order valence-corrected chi connectivity index (χ1v) is 7.17. The SMILES string of the molecule is C[C@@H](CCN1CCC[C@@H](CO)C1)c1ccccc1. The minimum Gasteiger partial charge on any atom is -0.396 e. The first-order chi connectivity index (χ1) is 8.79. The smallest absolute Gasteiger partial charge is 0.0471 e. The number of aliphatic hydroxyl groups excluding tert-OH is 1. The van der Waals surface area contributed by atoms with Gasteiger partial charge in [0.2, 0.25) is 0 Å². The number of likely N-dealkylation sites (tertiary alicyclic amines) is 1. The van der Waals surface area contributed by atoms with Crippen molar-refractivity contribution in [2.45, 2.75) is 32.1 Å². The highest BCUT2D eigenvalue weighted by molar-refractivity contribution is 5.18. The molecular weight excluding hydrogens is 222 g/mol. The largest absolute Gasteiger partial charge is 0.396 e. The standard InChI is InChI=1S/C16H25NO/c1-14(16-7-3-2-4-8-16)9-11-17-10-5-6-15(12-17)13-18/h2-4,7-8,14-15,18H,5-6,9-13H2,1H3/t14-,15+/m0/s1. The van der Waals surface area contributed by atoms with Crippen molar-refractivity contribution in [3.8, 4) is 0 Å². The van der Waals surface area contributed by atoms with Crippen molar-refractivity contribution in [1.29, 1.82) is 0 Å². The summed E-state index contributed by atoms with van der Waals surface area (Å²) in [6.07, 6.45) is 3.65. The number of piperidine rings is 1. The van der Waals surface area contributed by atoms with Gasteiger partial charge in [0.25, 0.3) is 0 Å². The molecular formula is C16H25NO. The fraction of sp³-hybridized carbons (Fsp3) is 0.625. The van der Waals surface area contributed by atoms with Crippen molar-refractivity contribution in [3.05, 3.63) is 35.9 Å². The minimum absolute atomic E-state index is 0.352. The number of aliphatic hydroxyl groups is 1. The van der Waals surface area contributed by atoms with Gasteiger partial charge in [-0.15, -0.1) is 0 Å². The molecule has 1 aliphatic rings. The highest BCUT2D eigenvalue weighted by Gasteiger charge is 2.19. The second-order valence-corrected chi connectivity index (χ2v) is 5.59. The normalized spacial score (nSPS) is 22.9. The van der Waals surface area contributed by atoms with Crippen molar-refractivity contribution < 1.29 is 5.11 Å². The molecule has 1 aromatic rings. The van der Waals surface area contributed by atoms with E-state index in [-0.39, 0.29) is 0 Å². The van der Waals surface area contributed by atoms with Crippen LogP contribution in [0.5, 0.6) is 0 Å². The van der Waals surface area contributed by atoms with Gasteiger partial charge in [0.1, 0.15) is 0 Å². The molecule has 0 amide bonds. The molecule has 2 heteroatoms.